The van der Waals surface area contributed by atoms with Gasteiger partial charge in [-0.3, -0.25) is 10.1 Å². The predicted octanol–water partition coefficient (Wildman–Crippen LogP) is 2.74. The molecule has 0 aromatic heterocycles. The zero-order valence-corrected chi connectivity index (χ0v) is 9.43. The molecule has 0 aliphatic heterocycles. The molecule has 0 atom stereocenters. The third kappa shape index (κ3) is 1.97. The van der Waals surface area contributed by atoms with Gasteiger partial charge in [0, 0.05) is 6.07 Å². The van der Waals surface area contributed by atoms with Gasteiger partial charge in [0.1, 0.15) is 9.32 Å². The van der Waals surface area contributed by atoms with Gasteiger partial charge in [0.2, 0.25) is 0 Å². The van der Waals surface area contributed by atoms with E-state index in [9.17, 15) is 10.1 Å². The van der Waals surface area contributed by atoms with Gasteiger partial charge in [-0.2, -0.15) is 0 Å². The van der Waals surface area contributed by atoms with Gasteiger partial charge in [-0.15, -0.1) is 0 Å². The summed E-state index contributed by atoms with van der Waals surface area (Å²) in [5.74, 6) is 0.627. The second-order valence-corrected chi connectivity index (χ2v) is 4.24. The van der Waals surface area contributed by atoms with Gasteiger partial charge in [0.25, 0.3) is 5.69 Å². The second-order valence-electron chi connectivity index (χ2n) is 3.16. The van der Waals surface area contributed by atoms with Crippen LogP contribution in [0.15, 0.2) is 18.2 Å². The molecule has 4 nitrogen and oxygen atoms in total. The maximum absolute atomic E-state index is 10.6. The molecule has 0 heterocycles. The smallest absolute Gasteiger partial charge is 0.286 e. The molecule has 0 amide bonds. The fraction of sp³-hybridized carbons (Fsp3) is 0.333. The molecule has 0 radical (unpaired) electrons. The Hall–Kier alpha value is -0.850. The van der Waals surface area contributed by atoms with Crippen LogP contribution >= 0.6 is 22.6 Å². The summed E-state index contributed by atoms with van der Waals surface area (Å²) in [5, 5.41) is 10.6. The quantitative estimate of drug-likeness (QED) is 0.490. The molecule has 0 spiro atoms. The average molecular weight is 305 g/mol. The zero-order chi connectivity index (χ0) is 10.1. The van der Waals surface area contributed by atoms with Crippen molar-refractivity contribution in [3.63, 3.8) is 0 Å². The SMILES string of the molecule is O=[N+]([O-])c1cccc(OC2CC2)c1I. The molecule has 1 aliphatic carbocycles. The highest BCUT2D eigenvalue weighted by atomic mass is 127. The number of nitrogens with zero attached hydrogens (tertiary/aromatic N) is 1. The molecule has 74 valence electrons. The standard InChI is InChI=1S/C9H8INO3/c10-9-7(11(12)13)2-1-3-8(9)14-6-4-5-6/h1-3,6H,4-5H2. The molecule has 1 saturated carbocycles. The first kappa shape index (κ1) is 9.70. The maximum atomic E-state index is 10.6. The number of rotatable bonds is 3. The fourth-order valence-corrected chi connectivity index (χ4v) is 1.78. The van der Waals surface area contributed by atoms with Gasteiger partial charge in [0.05, 0.1) is 11.0 Å². The van der Waals surface area contributed by atoms with Gasteiger partial charge in [-0.25, -0.2) is 0 Å². The lowest BCUT2D eigenvalue weighted by molar-refractivity contribution is -0.385. The molecule has 0 saturated heterocycles. The minimum atomic E-state index is -0.387. The topological polar surface area (TPSA) is 52.4 Å². The first-order valence-corrected chi connectivity index (χ1v) is 5.36. The van der Waals surface area contributed by atoms with Crippen molar-refractivity contribution in [1.29, 1.82) is 0 Å². The van der Waals surface area contributed by atoms with E-state index in [1.54, 1.807) is 12.1 Å². The van der Waals surface area contributed by atoms with E-state index in [1.807, 2.05) is 22.6 Å². The minimum Gasteiger partial charge on any atom is -0.489 e. The number of ether oxygens (including phenoxy) is 1. The van der Waals surface area contributed by atoms with Gasteiger partial charge in [-0.05, 0) is 41.5 Å². The van der Waals surface area contributed by atoms with Crippen LogP contribution in [0.3, 0.4) is 0 Å². The van der Waals surface area contributed by atoms with E-state index in [0.717, 1.165) is 12.8 Å². The molecule has 0 unspecified atom stereocenters. The number of benzene rings is 1. The van der Waals surface area contributed by atoms with Crippen LogP contribution in [0, 0.1) is 13.7 Å². The van der Waals surface area contributed by atoms with Crippen LogP contribution in [-0.4, -0.2) is 11.0 Å². The summed E-state index contributed by atoms with van der Waals surface area (Å²) in [7, 11) is 0. The normalized spacial score (nSPS) is 15.2. The van der Waals surface area contributed by atoms with Crippen LogP contribution in [-0.2, 0) is 0 Å². The van der Waals surface area contributed by atoms with Crippen LogP contribution in [0.5, 0.6) is 5.75 Å². The largest absolute Gasteiger partial charge is 0.489 e. The van der Waals surface area contributed by atoms with Crippen molar-refractivity contribution >= 4 is 28.3 Å². The van der Waals surface area contributed by atoms with E-state index < -0.39 is 0 Å². The Bertz CT molecular complexity index is 376. The molecule has 14 heavy (non-hydrogen) atoms. The van der Waals surface area contributed by atoms with Crippen molar-refractivity contribution in [3.05, 3.63) is 31.9 Å². The molecule has 1 fully saturated rings. The third-order valence-electron chi connectivity index (χ3n) is 1.96. The Morgan fingerprint density at radius 2 is 2.21 bits per heavy atom. The highest BCUT2D eigenvalue weighted by molar-refractivity contribution is 14.1. The van der Waals surface area contributed by atoms with Crippen LogP contribution in [0.25, 0.3) is 0 Å². The third-order valence-corrected chi connectivity index (χ3v) is 3.04. The number of halogens is 1. The van der Waals surface area contributed by atoms with Crippen LogP contribution in [0.2, 0.25) is 0 Å². The lowest BCUT2D eigenvalue weighted by Crippen LogP contribution is -2.00. The monoisotopic (exact) mass is 305 g/mol. The summed E-state index contributed by atoms with van der Waals surface area (Å²) in [6, 6.07) is 4.91. The van der Waals surface area contributed by atoms with E-state index >= 15 is 0 Å². The van der Waals surface area contributed by atoms with Gasteiger partial charge >= 0.3 is 0 Å². The highest BCUT2D eigenvalue weighted by Gasteiger charge is 2.26. The summed E-state index contributed by atoms with van der Waals surface area (Å²) in [4.78, 5) is 10.2. The Balaban J connectivity index is 2.30. The second kappa shape index (κ2) is 3.72. The Morgan fingerprint density at radius 1 is 1.50 bits per heavy atom. The summed E-state index contributed by atoms with van der Waals surface area (Å²) < 4.78 is 6.12. The van der Waals surface area contributed by atoms with E-state index in [0.29, 0.717) is 9.32 Å². The highest BCUT2D eigenvalue weighted by Crippen LogP contribution is 2.34. The summed E-state index contributed by atoms with van der Waals surface area (Å²) >= 11 is 1.95. The number of nitro groups is 1. The molecular formula is C9H8INO3. The molecule has 2 rings (SSSR count). The lowest BCUT2D eigenvalue weighted by Gasteiger charge is -2.06. The molecule has 5 heteroatoms. The maximum Gasteiger partial charge on any atom is 0.286 e. The minimum absolute atomic E-state index is 0.115. The van der Waals surface area contributed by atoms with E-state index in [1.165, 1.54) is 6.07 Å². The van der Waals surface area contributed by atoms with Gasteiger partial charge in [-0.1, -0.05) is 6.07 Å². The molecule has 1 aliphatic rings. The molecule has 0 bridgehead atoms. The molecular weight excluding hydrogens is 297 g/mol. The van der Waals surface area contributed by atoms with Crippen LogP contribution < -0.4 is 4.74 Å². The van der Waals surface area contributed by atoms with Crippen molar-refractivity contribution in [1.82, 2.24) is 0 Å². The molecule has 1 aromatic rings. The first-order chi connectivity index (χ1) is 6.68. The summed E-state index contributed by atoms with van der Waals surface area (Å²) in [6.45, 7) is 0. The van der Waals surface area contributed by atoms with Crippen molar-refractivity contribution in [2.24, 2.45) is 0 Å². The van der Waals surface area contributed by atoms with Crippen molar-refractivity contribution < 1.29 is 9.66 Å². The van der Waals surface area contributed by atoms with Crippen LogP contribution in [0.4, 0.5) is 5.69 Å². The first-order valence-electron chi connectivity index (χ1n) is 4.28. The van der Waals surface area contributed by atoms with E-state index in [4.69, 9.17) is 4.74 Å². The van der Waals surface area contributed by atoms with Crippen molar-refractivity contribution in [2.75, 3.05) is 0 Å². The zero-order valence-electron chi connectivity index (χ0n) is 7.27. The molecule has 1 aromatic carbocycles. The van der Waals surface area contributed by atoms with Crippen molar-refractivity contribution in [3.8, 4) is 5.75 Å². The fourth-order valence-electron chi connectivity index (χ4n) is 1.10. The van der Waals surface area contributed by atoms with Crippen molar-refractivity contribution in [2.45, 2.75) is 18.9 Å². The Morgan fingerprint density at radius 3 is 2.79 bits per heavy atom. The van der Waals surface area contributed by atoms with Crippen LogP contribution in [0.1, 0.15) is 12.8 Å². The average Bonchev–Trinajstić information content (AvgIpc) is 2.92. The predicted molar refractivity (Wildman–Crippen MR) is 59.5 cm³/mol. The summed E-state index contributed by atoms with van der Waals surface area (Å²) in [6.07, 6.45) is 2.38. The van der Waals surface area contributed by atoms with Gasteiger partial charge < -0.3 is 4.74 Å². The van der Waals surface area contributed by atoms with E-state index in [-0.39, 0.29) is 16.7 Å². The molecule has 0 N–H and O–H groups in total. The summed E-state index contributed by atoms with van der Waals surface area (Å²) in [5.41, 5.74) is 0.115. The van der Waals surface area contributed by atoms with E-state index in [2.05, 4.69) is 0 Å². The number of nitro benzene ring substituents is 1. The number of hydrogen-bond donors (Lipinski definition) is 0. The Kier molecular flexibility index (Phi) is 2.58. The number of hydrogen-bond acceptors (Lipinski definition) is 3. The lowest BCUT2D eigenvalue weighted by atomic mass is 10.3. The van der Waals surface area contributed by atoms with Gasteiger partial charge in [0.15, 0.2) is 0 Å². The Labute approximate surface area is 94.5 Å².